The van der Waals surface area contributed by atoms with Gasteiger partial charge in [-0.1, -0.05) is 32.4 Å². The number of carbonyl (C=O) groups excluding carboxylic acids is 1. The highest BCUT2D eigenvalue weighted by Gasteiger charge is 2.33. The molecule has 0 spiro atoms. The zero-order chi connectivity index (χ0) is 19.6. The van der Waals surface area contributed by atoms with Crippen molar-refractivity contribution in [3.8, 4) is 0 Å². The molecule has 0 saturated heterocycles. The predicted molar refractivity (Wildman–Crippen MR) is 105 cm³/mol. The van der Waals surface area contributed by atoms with Gasteiger partial charge in [0.15, 0.2) is 0 Å². The zero-order valence-corrected chi connectivity index (χ0v) is 17.0. The van der Waals surface area contributed by atoms with Crippen molar-refractivity contribution in [3.05, 3.63) is 45.9 Å². The van der Waals surface area contributed by atoms with Crippen molar-refractivity contribution in [3.63, 3.8) is 0 Å². The van der Waals surface area contributed by atoms with Crippen molar-refractivity contribution in [2.75, 3.05) is 0 Å². The first-order valence-corrected chi connectivity index (χ1v) is 11.1. The number of fused-ring (bicyclic) bond motifs is 1. The monoisotopic (exact) mass is 406 g/mol. The standard InChI is InChI=1S/C18H22N4O3S2/c1-4-11(2)16(18(23)19-9-15-20-12(3)10-26-15)21-17-13-7-5-6-8-14(13)27(24,25)22-17/h5-8,10-11,16H,4,9H2,1-3H3,(H,19,23)(H,21,22)/t11-,16-/m0/s1. The van der Waals surface area contributed by atoms with Crippen LogP contribution in [-0.2, 0) is 21.4 Å². The van der Waals surface area contributed by atoms with Crippen LogP contribution in [0.2, 0.25) is 0 Å². The van der Waals surface area contributed by atoms with Crippen LogP contribution in [0.25, 0.3) is 0 Å². The molecule has 0 fully saturated rings. The summed E-state index contributed by atoms with van der Waals surface area (Å²) < 4.78 is 27.0. The number of nitrogens with one attached hydrogen (secondary N) is 2. The molecule has 1 amide bonds. The lowest BCUT2D eigenvalue weighted by Gasteiger charge is -2.19. The third kappa shape index (κ3) is 4.19. The fourth-order valence-corrected chi connectivity index (χ4v) is 4.74. The molecule has 3 rings (SSSR count). The van der Waals surface area contributed by atoms with E-state index in [1.807, 2.05) is 26.2 Å². The summed E-state index contributed by atoms with van der Waals surface area (Å²) in [5.74, 6) is -0.0720. The summed E-state index contributed by atoms with van der Waals surface area (Å²) >= 11 is 1.49. The number of aryl methyl sites for hydroxylation is 1. The molecule has 7 nitrogen and oxygen atoms in total. The van der Waals surface area contributed by atoms with Crippen LogP contribution in [0.5, 0.6) is 0 Å². The van der Waals surface area contributed by atoms with Crippen LogP contribution >= 0.6 is 11.3 Å². The molecule has 27 heavy (non-hydrogen) atoms. The Morgan fingerprint density at radius 3 is 2.78 bits per heavy atom. The van der Waals surface area contributed by atoms with Crippen molar-refractivity contribution in [2.24, 2.45) is 10.9 Å². The Balaban J connectivity index is 1.85. The summed E-state index contributed by atoms with van der Waals surface area (Å²) in [5, 5.41) is 5.62. The van der Waals surface area contributed by atoms with Gasteiger partial charge in [0.05, 0.1) is 11.4 Å². The van der Waals surface area contributed by atoms with E-state index in [2.05, 4.69) is 20.0 Å². The molecule has 1 aliphatic rings. The first-order chi connectivity index (χ1) is 12.8. The van der Waals surface area contributed by atoms with Gasteiger partial charge >= 0.3 is 0 Å². The topological polar surface area (TPSA) is 101 Å². The molecule has 2 N–H and O–H groups in total. The van der Waals surface area contributed by atoms with Gasteiger partial charge in [-0.2, -0.15) is 0 Å². The van der Waals surface area contributed by atoms with Crippen molar-refractivity contribution in [1.29, 1.82) is 0 Å². The number of sulfonamides is 1. The van der Waals surface area contributed by atoms with Crippen molar-refractivity contribution >= 4 is 33.1 Å². The summed E-state index contributed by atoms with van der Waals surface area (Å²) in [6.07, 6.45) is 0.736. The first kappa shape index (κ1) is 19.5. The first-order valence-electron chi connectivity index (χ1n) is 8.70. The summed E-state index contributed by atoms with van der Waals surface area (Å²) in [4.78, 5) is 21.8. The Morgan fingerprint density at radius 2 is 2.11 bits per heavy atom. The second-order valence-corrected chi connectivity index (χ2v) is 9.10. The fraction of sp³-hybridized carbons (Fsp3) is 0.389. The number of hydrogen-bond donors (Lipinski definition) is 2. The Morgan fingerprint density at radius 1 is 1.37 bits per heavy atom. The number of aromatic nitrogens is 1. The molecule has 0 aliphatic carbocycles. The number of benzene rings is 1. The average molecular weight is 407 g/mol. The zero-order valence-electron chi connectivity index (χ0n) is 15.4. The number of amidine groups is 1. The molecular formula is C18H22N4O3S2. The molecule has 1 aromatic carbocycles. The Bertz CT molecular complexity index is 982. The average Bonchev–Trinajstić information content (AvgIpc) is 3.18. The number of nitrogens with zero attached hydrogens (tertiary/aromatic N) is 2. The van der Waals surface area contributed by atoms with Gasteiger partial charge < -0.3 is 5.32 Å². The van der Waals surface area contributed by atoms with Crippen LogP contribution < -0.4 is 10.0 Å². The normalized spacial score (nSPS) is 18.6. The third-order valence-electron chi connectivity index (χ3n) is 4.46. The minimum Gasteiger partial charge on any atom is -0.348 e. The van der Waals surface area contributed by atoms with E-state index in [-0.39, 0.29) is 22.6 Å². The van der Waals surface area contributed by atoms with E-state index in [1.54, 1.807) is 18.2 Å². The third-order valence-corrected chi connectivity index (χ3v) is 6.83. The molecular weight excluding hydrogens is 384 g/mol. The van der Waals surface area contributed by atoms with Gasteiger partial charge in [-0.15, -0.1) is 11.3 Å². The highest BCUT2D eigenvalue weighted by molar-refractivity contribution is 7.90. The highest BCUT2D eigenvalue weighted by atomic mass is 32.2. The molecule has 0 radical (unpaired) electrons. The number of thiazole rings is 1. The van der Waals surface area contributed by atoms with Crippen LogP contribution in [-0.4, -0.2) is 31.2 Å². The molecule has 2 heterocycles. The molecule has 0 unspecified atom stereocenters. The summed E-state index contributed by atoms with van der Waals surface area (Å²) in [6.45, 7) is 6.14. The molecule has 0 saturated carbocycles. The van der Waals surface area contributed by atoms with Crippen LogP contribution in [0.4, 0.5) is 0 Å². The van der Waals surface area contributed by atoms with Crippen molar-refractivity contribution in [2.45, 2.75) is 44.7 Å². The maximum absolute atomic E-state index is 12.8. The lowest BCUT2D eigenvalue weighted by atomic mass is 9.98. The summed E-state index contributed by atoms with van der Waals surface area (Å²) in [6, 6.07) is 5.94. The van der Waals surface area contributed by atoms with E-state index in [0.29, 0.717) is 12.1 Å². The number of hydrogen-bond acceptors (Lipinski definition) is 6. The smallest absolute Gasteiger partial charge is 0.263 e. The van der Waals surface area contributed by atoms with E-state index in [4.69, 9.17) is 0 Å². The molecule has 144 valence electrons. The van der Waals surface area contributed by atoms with Gasteiger partial charge in [-0.05, 0) is 25.0 Å². The number of carbonyl (C=O) groups is 1. The van der Waals surface area contributed by atoms with E-state index in [0.717, 1.165) is 17.1 Å². The van der Waals surface area contributed by atoms with Gasteiger partial charge in [0.25, 0.3) is 10.0 Å². The number of amides is 1. The Labute approximate surface area is 163 Å². The quantitative estimate of drug-likeness (QED) is 0.768. The van der Waals surface area contributed by atoms with Crippen LogP contribution in [0.15, 0.2) is 39.5 Å². The van der Waals surface area contributed by atoms with E-state index in [1.165, 1.54) is 17.4 Å². The lowest BCUT2D eigenvalue weighted by molar-refractivity contribution is -0.123. The fourth-order valence-electron chi connectivity index (χ4n) is 2.79. The summed E-state index contributed by atoms with van der Waals surface area (Å²) in [5.41, 5.74) is 1.41. The predicted octanol–water partition coefficient (Wildman–Crippen LogP) is 2.22. The van der Waals surface area contributed by atoms with Gasteiger partial charge in [0.1, 0.15) is 16.9 Å². The molecule has 2 atom stereocenters. The second kappa shape index (κ2) is 7.77. The van der Waals surface area contributed by atoms with Gasteiger partial charge in [-0.25, -0.2) is 13.4 Å². The molecule has 1 aromatic heterocycles. The van der Waals surface area contributed by atoms with Crippen LogP contribution in [0.3, 0.4) is 0 Å². The minimum absolute atomic E-state index is 0.0483. The lowest BCUT2D eigenvalue weighted by Crippen LogP contribution is -2.38. The van der Waals surface area contributed by atoms with Gasteiger partial charge in [-0.3, -0.25) is 14.5 Å². The van der Waals surface area contributed by atoms with Crippen LogP contribution in [0, 0.1) is 12.8 Å². The molecule has 1 aliphatic heterocycles. The van der Waals surface area contributed by atoms with Crippen molar-refractivity contribution < 1.29 is 13.2 Å². The Hall–Kier alpha value is -2.26. The molecule has 9 heteroatoms. The number of aliphatic imine (C=N–C) groups is 1. The van der Waals surface area contributed by atoms with E-state index < -0.39 is 16.1 Å². The highest BCUT2D eigenvalue weighted by Crippen LogP contribution is 2.24. The second-order valence-electron chi connectivity index (χ2n) is 6.51. The molecule has 0 bridgehead atoms. The van der Waals surface area contributed by atoms with Gasteiger partial charge in [0.2, 0.25) is 5.91 Å². The van der Waals surface area contributed by atoms with Crippen LogP contribution in [0.1, 0.15) is 36.5 Å². The van der Waals surface area contributed by atoms with E-state index >= 15 is 0 Å². The SMILES string of the molecule is CC[C@H](C)[C@H](N=C1NS(=O)(=O)c2ccccc21)C(=O)NCc1nc(C)cs1. The van der Waals surface area contributed by atoms with E-state index in [9.17, 15) is 13.2 Å². The maximum atomic E-state index is 12.8. The van der Waals surface area contributed by atoms with Crippen molar-refractivity contribution in [1.82, 2.24) is 15.0 Å². The largest absolute Gasteiger partial charge is 0.348 e. The van der Waals surface area contributed by atoms with Gasteiger partial charge in [0, 0.05) is 16.6 Å². The number of rotatable bonds is 6. The summed E-state index contributed by atoms with van der Waals surface area (Å²) in [7, 11) is -3.63. The molecule has 2 aromatic rings. The Kier molecular flexibility index (Phi) is 5.61. The minimum atomic E-state index is -3.63. The maximum Gasteiger partial charge on any atom is 0.263 e.